The Morgan fingerprint density at radius 3 is 2.90 bits per heavy atom. The molecule has 0 saturated carbocycles. The highest BCUT2D eigenvalue weighted by Gasteiger charge is 2.33. The highest BCUT2D eigenvalue weighted by molar-refractivity contribution is 9.10. The number of halogens is 1. The van der Waals surface area contributed by atoms with Crippen LogP contribution >= 0.6 is 15.9 Å². The second-order valence-electron chi connectivity index (χ2n) is 6.45. The summed E-state index contributed by atoms with van der Waals surface area (Å²) in [7, 11) is 0. The number of fused-ring (bicyclic) bond motifs is 1. The van der Waals surface area contributed by atoms with Gasteiger partial charge in [0.2, 0.25) is 0 Å². The smallest absolute Gasteiger partial charge is 0.0673 e. The van der Waals surface area contributed by atoms with Gasteiger partial charge in [0.1, 0.15) is 0 Å². The summed E-state index contributed by atoms with van der Waals surface area (Å²) >= 11 is 3.61. The van der Waals surface area contributed by atoms with Gasteiger partial charge in [0, 0.05) is 21.8 Å². The number of nitrogens with zero attached hydrogens (tertiary/aromatic N) is 2. The molecule has 0 amide bonds. The van der Waals surface area contributed by atoms with Crippen LogP contribution in [0.2, 0.25) is 0 Å². The van der Waals surface area contributed by atoms with Crippen LogP contribution in [0, 0.1) is 5.41 Å². The molecule has 0 saturated heterocycles. The summed E-state index contributed by atoms with van der Waals surface area (Å²) in [6, 6.07) is 8.41. The number of aromatic nitrogens is 2. The second kappa shape index (κ2) is 5.01. The molecule has 1 unspecified atom stereocenters. The van der Waals surface area contributed by atoms with E-state index in [1.54, 1.807) is 0 Å². The zero-order valence-electron chi connectivity index (χ0n) is 11.9. The van der Waals surface area contributed by atoms with Crippen LogP contribution in [0.4, 0.5) is 0 Å². The molecule has 2 aromatic rings. The summed E-state index contributed by atoms with van der Waals surface area (Å²) < 4.78 is 3.24. The maximum atomic E-state index is 6.30. The normalized spacial score (nSPS) is 20.7. The molecule has 0 aliphatic heterocycles. The van der Waals surface area contributed by atoms with E-state index in [2.05, 4.69) is 57.8 Å². The van der Waals surface area contributed by atoms with Gasteiger partial charge >= 0.3 is 0 Å². The van der Waals surface area contributed by atoms with Crippen molar-refractivity contribution in [1.29, 1.82) is 0 Å². The summed E-state index contributed by atoms with van der Waals surface area (Å²) in [5, 5.41) is 4.57. The fraction of sp³-hybridized carbons (Fsp3) is 0.438. The second-order valence-corrected chi connectivity index (χ2v) is 7.30. The molecule has 3 rings (SSSR count). The average Bonchev–Trinajstić information content (AvgIpc) is 2.74. The fourth-order valence-electron chi connectivity index (χ4n) is 3.08. The van der Waals surface area contributed by atoms with E-state index in [9.17, 15) is 0 Å². The molecule has 0 spiro atoms. The zero-order valence-corrected chi connectivity index (χ0v) is 13.5. The first-order valence-corrected chi connectivity index (χ1v) is 7.79. The highest BCUT2D eigenvalue weighted by atomic mass is 79.9. The molecule has 20 heavy (non-hydrogen) atoms. The van der Waals surface area contributed by atoms with Gasteiger partial charge in [0.05, 0.1) is 12.7 Å². The Bertz CT molecular complexity index is 630. The lowest BCUT2D eigenvalue weighted by atomic mass is 9.75. The van der Waals surface area contributed by atoms with Crippen molar-refractivity contribution < 1.29 is 0 Å². The largest absolute Gasteiger partial charge is 0.324 e. The van der Waals surface area contributed by atoms with E-state index in [0.717, 1.165) is 23.9 Å². The van der Waals surface area contributed by atoms with Gasteiger partial charge in [-0.05, 0) is 29.9 Å². The van der Waals surface area contributed by atoms with E-state index < -0.39 is 0 Å². The van der Waals surface area contributed by atoms with E-state index in [-0.39, 0.29) is 11.5 Å². The van der Waals surface area contributed by atoms with Gasteiger partial charge in [-0.15, -0.1) is 0 Å². The molecular formula is C16H20BrN3. The van der Waals surface area contributed by atoms with Crippen LogP contribution in [-0.2, 0) is 13.0 Å². The monoisotopic (exact) mass is 333 g/mol. The average molecular weight is 334 g/mol. The van der Waals surface area contributed by atoms with Crippen molar-refractivity contribution in [2.75, 3.05) is 0 Å². The van der Waals surface area contributed by atoms with Crippen molar-refractivity contribution in [3.05, 3.63) is 51.8 Å². The summed E-state index contributed by atoms with van der Waals surface area (Å²) in [5.41, 5.74) is 10.3. The molecule has 0 fully saturated rings. The minimum Gasteiger partial charge on any atom is -0.324 e. The molecule has 3 nitrogen and oxygen atoms in total. The Balaban J connectivity index is 1.95. The van der Waals surface area contributed by atoms with Gasteiger partial charge in [-0.1, -0.05) is 48.0 Å². The maximum absolute atomic E-state index is 6.30. The standard InChI is InChI=1S/C16H20BrN3/c1-16(2)7-14(18)12-9-19-20(15(12)8-16)10-11-5-3-4-6-13(11)17/h3-6,9,14H,7-8,10,18H2,1-2H3. The Kier molecular flexibility index (Phi) is 3.46. The van der Waals surface area contributed by atoms with E-state index >= 15 is 0 Å². The summed E-state index contributed by atoms with van der Waals surface area (Å²) in [5.74, 6) is 0. The Morgan fingerprint density at radius 2 is 2.15 bits per heavy atom. The fourth-order valence-corrected chi connectivity index (χ4v) is 3.49. The van der Waals surface area contributed by atoms with Crippen molar-refractivity contribution in [3.8, 4) is 0 Å². The minimum atomic E-state index is 0.113. The summed E-state index contributed by atoms with van der Waals surface area (Å²) in [4.78, 5) is 0. The minimum absolute atomic E-state index is 0.113. The molecule has 1 heterocycles. The molecule has 1 aliphatic carbocycles. The van der Waals surface area contributed by atoms with Crippen LogP contribution in [0.1, 0.15) is 43.1 Å². The van der Waals surface area contributed by atoms with Gasteiger partial charge in [-0.3, -0.25) is 4.68 Å². The van der Waals surface area contributed by atoms with Gasteiger partial charge in [0.25, 0.3) is 0 Å². The van der Waals surface area contributed by atoms with Gasteiger partial charge in [-0.2, -0.15) is 5.10 Å². The first kappa shape index (κ1) is 13.8. The molecule has 1 aliphatic rings. The quantitative estimate of drug-likeness (QED) is 0.911. The third-order valence-electron chi connectivity index (χ3n) is 4.08. The highest BCUT2D eigenvalue weighted by Crippen LogP contribution is 2.39. The van der Waals surface area contributed by atoms with Crippen LogP contribution in [0.15, 0.2) is 34.9 Å². The first-order chi connectivity index (χ1) is 9.46. The van der Waals surface area contributed by atoms with Crippen molar-refractivity contribution in [3.63, 3.8) is 0 Å². The van der Waals surface area contributed by atoms with Gasteiger partial charge < -0.3 is 5.73 Å². The molecule has 106 valence electrons. The third-order valence-corrected chi connectivity index (χ3v) is 4.85. The van der Waals surface area contributed by atoms with E-state index in [0.29, 0.717) is 0 Å². The number of benzene rings is 1. The summed E-state index contributed by atoms with van der Waals surface area (Å²) in [6.07, 6.45) is 4.02. The van der Waals surface area contributed by atoms with Gasteiger partial charge in [-0.25, -0.2) is 0 Å². The number of hydrogen-bond donors (Lipinski definition) is 1. The number of rotatable bonds is 2. The Labute approximate surface area is 128 Å². The molecule has 1 aromatic heterocycles. The predicted octanol–water partition coefficient (Wildman–Crippen LogP) is 3.67. The molecule has 0 radical (unpaired) electrons. The molecule has 1 aromatic carbocycles. The van der Waals surface area contributed by atoms with Crippen LogP contribution in [0.5, 0.6) is 0 Å². The lowest BCUT2D eigenvalue weighted by Gasteiger charge is -2.33. The lowest BCUT2D eigenvalue weighted by molar-refractivity contribution is 0.275. The molecule has 4 heteroatoms. The van der Waals surface area contributed by atoms with Crippen molar-refractivity contribution in [2.24, 2.45) is 11.1 Å². The SMILES string of the molecule is CC1(C)Cc2c(cnn2Cc2ccccc2Br)C(N)C1. The number of nitrogens with two attached hydrogens (primary N) is 1. The third kappa shape index (κ3) is 2.54. The molecule has 1 atom stereocenters. The first-order valence-electron chi connectivity index (χ1n) is 7.00. The van der Waals surface area contributed by atoms with Crippen molar-refractivity contribution in [1.82, 2.24) is 9.78 Å². The van der Waals surface area contributed by atoms with Gasteiger partial charge in [0.15, 0.2) is 0 Å². The predicted molar refractivity (Wildman–Crippen MR) is 84.5 cm³/mol. The van der Waals surface area contributed by atoms with E-state index in [1.165, 1.54) is 16.8 Å². The molecule has 0 bridgehead atoms. The Morgan fingerprint density at radius 1 is 1.40 bits per heavy atom. The van der Waals surface area contributed by atoms with Crippen molar-refractivity contribution >= 4 is 15.9 Å². The topological polar surface area (TPSA) is 43.8 Å². The van der Waals surface area contributed by atoms with E-state index in [1.807, 2.05) is 12.3 Å². The van der Waals surface area contributed by atoms with Crippen LogP contribution in [0.3, 0.4) is 0 Å². The number of hydrogen-bond acceptors (Lipinski definition) is 2. The van der Waals surface area contributed by atoms with Crippen LogP contribution < -0.4 is 5.73 Å². The van der Waals surface area contributed by atoms with Crippen LogP contribution in [-0.4, -0.2) is 9.78 Å². The lowest BCUT2D eigenvalue weighted by Crippen LogP contribution is -2.30. The zero-order chi connectivity index (χ0) is 14.3. The Hall–Kier alpha value is -1.13. The van der Waals surface area contributed by atoms with Crippen molar-refractivity contribution in [2.45, 2.75) is 39.3 Å². The molecular weight excluding hydrogens is 314 g/mol. The molecule has 2 N–H and O–H groups in total. The van der Waals surface area contributed by atoms with Crippen LogP contribution in [0.25, 0.3) is 0 Å². The summed E-state index contributed by atoms with van der Waals surface area (Å²) in [6.45, 7) is 5.36. The van der Waals surface area contributed by atoms with E-state index in [4.69, 9.17) is 5.73 Å². The maximum Gasteiger partial charge on any atom is 0.0673 e.